The van der Waals surface area contributed by atoms with Crippen LogP contribution < -0.4 is 9.47 Å². The molecule has 0 saturated heterocycles. The molecule has 0 bridgehead atoms. The molecule has 21 heavy (non-hydrogen) atoms. The molecule has 2 rings (SSSR count). The Morgan fingerprint density at radius 1 is 1.05 bits per heavy atom. The van der Waals surface area contributed by atoms with E-state index in [0.29, 0.717) is 23.7 Å². The molecule has 0 spiro atoms. The van der Waals surface area contributed by atoms with Gasteiger partial charge in [0.15, 0.2) is 11.5 Å². The predicted molar refractivity (Wildman–Crippen MR) is 79.7 cm³/mol. The first-order valence-corrected chi connectivity index (χ1v) is 6.88. The van der Waals surface area contributed by atoms with Crippen molar-refractivity contribution in [2.24, 2.45) is 0 Å². The van der Waals surface area contributed by atoms with Crippen LogP contribution in [0, 0.1) is 0 Å². The van der Waals surface area contributed by atoms with Crippen LogP contribution in [0.25, 0.3) is 0 Å². The van der Waals surface area contributed by atoms with Crippen LogP contribution in [0.5, 0.6) is 11.5 Å². The minimum atomic E-state index is -1.06. The summed E-state index contributed by atoms with van der Waals surface area (Å²) in [6, 6.07) is 16.0. The van der Waals surface area contributed by atoms with E-state index >= 15 is 0 Å². The summed E-state index contributed by atoms with van der Waals surface area (Å²) in [7, 11) is 0. The van der Waals surface area contributed by atoms with Crippen LogP contribution in [0.1, 0.15) is 25.0 Å². The number of ether oxygens (including phenoxy) is 2. The fourth-order valence-corrected chi connectivity index (χ4v) is 1.89. The molecule has 0 aliphatic carbocycles. The number of carboxylic acid groups (broad SMARTS) is 1. The lowest BCUT2D eigenvalue weighted by Gasteiger charge is -2.18. The van der Waals surface area contributed by atoms with Crippen molar-refractivity contribution in [3.8, 4) is 11.5 Å². The van der Waals surface area contributed by atoms with Crippen molar-refractivity contribution in [2.45, 2.75) is 19.4 Å². The van der Waals surface area contributed by atoms with Gasteiger partial charge >= 0.3 is 5.97 Å². The van der Waals surface area contributed by atoms with E-state index in [1.807, 2.05) is 19.1 Å². The molecule has 110 valence electrons. The van der Waals surface area contributed by atoms with Gasteiger partial charge in [0.05, 0.1) is 6.61 Å². The van der Waals surface area contributed by atoms with Crippen LogP contribution in [0.15, 0.2) is 54.6 Å². The van der Waals surface area contributed by atoms with Crippen LogP contribution >= 0.6 is 0 Å². The van der Waals surface area contributed by atoms with Crippen molar-refractivity contribution < 1.29 is 19.4 Å². The lowest BCUT2D eigenvalue weighted by Crippen LogP contribution is -2.18. The Kier molecular flexibility index (Phi) is 5.21. The molecular weight excluding hydrogens is 268 g/mol. The number of para-hydroxylation sites is 2. The molecule has 1 N–H and O–H groups in total. The minimum Gasteiger partial charge on any atom is -0.490 e. The second-order valence-electron chi connectivity index (χ2n) is 4.54. The highest BCUT2D eigenvalue weighted by Crippen LogP contribution is 2.31. The van der Waals surface area contributed by atoms with E-state index < -0.39 is 12.1 Å². The quantitative estimate of drug-likeness (QED) is 0.843. The zero-order chi connectivity index (χ0) is 15.1. The van der Waals surface area contributed by atoms with Crippen LogP contribution in [-0.2, 0) is 4.79 Å². The molecule has 0 aromatic heterocycles. The summed E-state index contributed by atoms with van der Waals surface area (Å²) >= 11 is 0. The van der Waals surface area contributed by atoms with Gasteiger partial charge in [0.2, 0.25) is 6.10 Å². The first kappa shape index (κ1) is 14.9. The Morgan fingerprint density at radius 2 is 1.67 bits per heavy atom. The molecule has 1 atom stereocenters. The van der Waals surface area contributed by atoms with Crippen molar-refractivity contribution in [1.29, 1.82) is 0 Å². The van der Waals surface area contributed by atoms with Gasteiger partial charge in [0.25, 0.3) is 0 Å². The highest BCUT2D eigenvalue weighted by Gasteiger charge is 2.23. The Hall–Kier alpha value is -2.49. The second-order valence-corrected chi connectivity index (χ2v) is 4.54. The Labute approximate surface area is 123 Å². The van der Waals surface area contributed by atoms with E-state index in [-0.39, 0.29) is 0 Å². The molecule has 0 aliphatic rings. The zero-order valence-corrected chi connectivity index (χ0v) is 11.9. The Morgan fingerprint density at radius 3 is 2.29 bits per heavy atom. The van der Waals surface area contributed by atoms with Crippen LogP contribution in [0.2, 0.25) is 0 Å². The molecular formula is C17H18O4. The van der Waals surface area contributed by atoms with E-state index in [9.17, 15) is 9.90 Å². The third kappa shape index (κ3) is 3.99. The van der Waals surface area contributed by atoms with Gasteiger partial charge in [-0.15, -0.1) is 0 Å². The topological polar surface area (TPSA) is 55.8 Å². The van der Waals surface area contributed by atoms with E-state index in [1.165, 1.54) is 0 Å². The Balaban J connectivity index is 2.24. The molecule has 4 heteroatoms. The van der Waals surface area contributed by atoms with Gasteiger partial charge in [-0.25, -0.2) is 4.79 Å². The smallest absolute Gasteiger partial charge is 0.349 e. The number of carbonyl (C=O) groups is 1. The molecule has 2 aromatic carbocycles. The first-order chi connectivity index (χ1) is 10.2. The Bertz CT molecular complexity index is 580. The maximum atomic E-state index is 11.5. The van der Waals surface area contributed by atoms with E-state index in [1.54, 1.807) is 42.5 Å². The number of benzene rings is 2. The van der Waals surface area contributed by atoms with Crippen molar-refractivity contribution >= 4 is 5.97 Å². The van der Waals surface area contributed by atoms with Gasteiger partial charge in [-0.3, -0.25) is 0 Å². The maximum absolute atomic E-state index is 11.5. The summed E-state index contributed by atoms with van der Waals surface area (Å²) in [6.45, 7) is 2.57. The van der Waals surface area contributed by atoms with Crippen LogP contribution in [0.3, 0.4) is 0 Å². The van der Waals surface area contributed by atoms with E-state index in [4.69, 9.17) is 9.47 Å². The summed E-state index contributed by atoms with van der Waals surface area (Å²) in [5.41, 5.74) is 0.593. The van der Waals surface area contributed by atoms with Gasteiger partial charge in [0.1, 0.15) is 0 Å². The SMILES string of the molecule is CCCOc1ccccc1OC(C(=O)O)c1ccccc1. The average Bonchev–Trinajstić information content (AvgIpc) is 2.52. The molecule has 0 aliphatic heterocycles. The molecule has 0 saturated carbocycles. The highest BCUT2D eigenvalue weighted by atomic mass is 16.5. The number of carboxylic acids is 1. The fourth-order valence-electron chi connectivity index (χ4n) is 1.89. The van der Waals surface area contributed by atoms with Crippen molar-refractivity contribution in [3.63, 3.8) is 0 Å². The summed E-state index contributed by atoms with van der Waals surface area (Å²) in [4.78, 5) is 11.5. The van der Waals surface area contributed by atoms with Crippen molar-refractivity contribution in [2.75, 3.05) is 6.61 Å². The number of hydrogen-bond acceptors (Lipinski definition) is 3. The fraction of sp³-hybridized carbons (Fsp3) is 0.235. The van der Waals surface area contributed by atoms with Crippen LogP contribution in [-0.4, -0.2) is 17.7 Å². The molecule has 0 fully saturated rings. The molecule has 1 unspecified atom stereocenters. The van der Waals surface area contributed by atoms with Gasteiger partial charge in [-0.05, 0) is 18.6 Å². The van der Waals surface area contributed by atoms with Gasteiger partial charge in [-0.2, -0.15) is 0 Å². The van der Waals surface area contributed by atoms with Crippen molar-refractivity contribution in [3.05, 3.63) is 60.2 Å². The van der Waals surface area contributed by atoms with Gasteiger partial charge < -0.3 is 14.6 Å². The van der Waals surface area contributed by atoms with Gasteiger partial charge in [0, 0.05) is 5.56 Å². The summed E-state index contributed by atoms with van der Waals surface area (Å²) < 4.78 is 11.3. The third-order valence-corrected chi connectivity index (χ3v) is 2.88. The normalized spacial score (nSPS) is 11.7. The number of aliphatic carboxylic acids is 1. The van der Waals surface area contributed by atoms with Crippen molar-refractivity contribution in [1.82, 2.24) is 0 Å². The van der Waals surface area contributed by atoms with Crippen LogP contribution in [0.4, 0.5) is 0 Å². The summed E-state index contributed by atoms with van der Waals surface area (Å²) in [6.07, 6.45) is -0.187. The minimum absolute atomic E-state index is 0.433. The molecule has 2 aromatic rings. The monoisotopic (exact) mass is 286 g/mol. The summed E-state index contributed by atoms with van der Waals surface area (Å²) in [5.74, 6) is -0.0461. The number of hydrogen-bond donors (Lipinski definition) is 1. The molecule has 0 amide bonds. The lowest BCUT2D eigenvalue weighted by molar-refractivity contribution is -0.145. The van der Waals surface area contributed by atoms with E-state index in [0.717, 1.165) is 6.42 Å². The molecule has 4 nitrogen and oxygen atoms in total. The molecule has 0 heterocycles. The maximum Gasteiger partial charge on any atom is 0.349 e. The largest absolute Gasteiger partial charge is 0.490 e. The highest BCUT2D eigenvalue weighted by molar-refractivity contribution is 5.75. The summed E-state index contributed by atoms with van der Waals surface area (Å²) in [5, 5.41) is 9.39. The zero-order valence-electron chi connectivity index (χ0n) is 11.9. The average molecular weight is 286 g/mol. The molecule has 0 radical (unpaired) electrons. The predicted octanol–water partition coefficient (Wildman–Crippen LogP) is 3.68. The van der Waals surface area contributed by atoms with E-state index in [2.05, 4.69) is 0 Å². The van der Waals surface area contributed by atoms with Gasteiger partial charge in [-0.1, -0.05) is 49.4 Å². The first-order valence-electron chi connectivity index (χ1n) is 6.88. The lowest BCUT2D eigenvalue weighted by atomic mass is 10.1. The number of rotatable bonds is 7. The third-order valence-electron chi connectivity index (χ3n) is 2.88. The standard InChI is InChI=1S/C17H18O4/c1-2-12-20-14-10-6-7-11-15(14)21-16(17(18)19)13-8-4-3-5-9-13/h3-11,16H,2,12H2,1H3,(H,18,19). The second kappa shape index (κ2) is 7.33.